The highest BCUT2D eigenvalue weighted by atomic mass is 35.5. The van der Waals surface area contributed by atoms with Crippen LogP contribution < -0.4 is 15.0 Å². The largest absolute Gasteiger partial charge is 0.457 e. The molecule has 0 radical (unpaired) electrons. The van der Waals surface area contributed by atoms with Gasteiger partial charge >= 0.3 is 5.97 Å². The smallest absolute Gasteiger partial charge is 0.311 e. The number of anilines is 2. The Hall–Kier alpha value is -3.55. The Morgan fingerprint density at radius 2 is 1.76 bits per heavy atom. The molecule has 0 saturated carbocycles. The number of amides is 2. The van der Waals surface area contributed by atoms with Crippen molar-refractivity contribution in [3.63, 3.8) is 0 Å². The Bertz CT molecular complexity index is 1360. The topological polar surface area (TPSA) is 84.9 Å². The Kier molecular flexibility index (Phi) is 8.59. The maximum Gasteiger partial charge on any atom is 0.311 e. The van der Waals surface area contributed by atoms with Gasteiger partial charge in [-0.15, -0.1) is 0 Å². The van der Waals surface area contributed by atoms with Gasteiger partial charge < -0.3 is 19.7 Å². The number of ether oxygens (including phenoxy) is 2. The second kappa shape index (κ2) is 11.9. The second-order valence-electron chi connectivity index (χ2n) is 9.48. The van der Waals surface area contributed by atoms with Crippen LogP contribution in [0.25, 0.3) is 0 Å². The third kappa shape index (κ3) is 6.65. The summed E-state index contributed by atoms with van der Waals surface area (Å²) in [5.74, 6) is -0.231. The van der Waals surface area contributed by atoms with Gasteiger partial charge in [-0.05, 0) is 72.5 Å². The zero-order valence-electron chi connectivity index (χ0n) is 21.3. The van der Waals surface area contributed by atoms with Gasteiger partial charge in [-0.2, -0.15) is 0 Å². The molecule has 0 bridgehead atoms. The van der Waals surface area contributed by atoms with Crippen LogP contribution in [0.2, 0.25) is 10.0 Å². The lowest BCUT2D eigenvalue weighted by molar-refractivity contribution is -0.151. The van der Waals surface area contributed by atoms with Crippen LogP contribution in [0.1, 0.15) is 37.3 Å². The average molecular weight is 555 g/mol. The fourth-order valence-corrected chi connectivity index (χ4v) is 4.47. The van der Waals surface area contributed by atoms with Crippen LogP contribution >= 0.6 is 23.2 Å². The first-order valence-electron chi connectivity index (χ1n) is 12.2. The van der Waals surface area contributed by atoms with Gasteiger partial charge in [0.15, 0.2) is 6.61 Å². The lowest BCUT2D eigenvalue weighted by atomic mass is 10.0. The van der Waals surface area contributed by atoms with Gasteiger partial charge in [0.2, 0.25) is 5.91 Å². The number of carbonyl (C=O) groups excluding carboxylic acids is 3. The van der Waals surface area contributed by atoms with E-state index in [0.29, 0.717) is 33.1 Å². The van der Waals surface area contributed by atoms with Crippen LogP contribution in [0.4, 0.5) is 11.4 Å². The molecule has 1 atom stereocenters. The van der Waals surface area contributed by atoms with E-state index in [1.165, 1.54) is 11.0 Å². The number of aryl methyl sites for hydroxylation is 1. The fraction of sp³-hybridized carbons (Fsp3) is 0.276. The summed E-state index contributed by atoms with van der Waals surface area (Å²) in [5.41, 5.74) is 3.30. The van der Waals surface area contributed by atoms with Gasteiger partial charge in [0, 0.05) is 24.3 Å². The monoisotopic (exact) mass is 554 g/mol. The van der Waals surface area contributed by atoms with E-state index in [2.05, 4.69) is 31.3 Å². The molecule has 38 heavy (non-hydrogen) atoms. The quantitative estimate of drug-likeness (QED) is 0.311. The van der Waals surface area contributed by atoms with Crippen LogP contribution in [0.5, 0.6) is 11.5 Å². The van der Waals surface area contributed by atoms with Gasteiger partial charge in [-0.25, -0.2) is 0 Å². The minimum absolute atomic E-state index is 0.00648. The molecule has 2 amide bonds. The number of nitrogens with zero attached hydrogens (tertiary/aromatic N) is 1. The van der Waals surface area contributed by atoms with E-state index < -0.39 is 24.4 Å². The van der Waals surface area contributed by atoms with Crippen molar-refractivity contribution in [2.75, 3.05) is 23.4 Å². The van der Waals surface area contributed by atoms with E-state index in [9.17, 15) is 14.4 Å². The molecule has 1 fully saturated rings. The number of esters is 1. The number of carbonyl (C=O) groups is 3. The van der Waals surface area contributed by atoms with E-state index in [1.54, 1.807) is 36.4 Å². The Labute approximate surface area is 231 Å². The lowest BCUT2D eigenvalue weighted by Crippen LogP contribution is -2.28. The van der Waals surface area contributed by atoms with Gasteiger partial charge in [0.25, 0.3) is 5.91 Å². The van der Waals surface area contributed by atoms with Crippen LogP contribution in [0.3, 0.4) is 0 Å². The van der Waals surface area contributed by atoms with Crippen LogP contribution in [-0.4, -0.2) is 30.9 Å². The second-order valence-corrected chi connectivity index (χ2v) is 10.3. The Balaban J connectivity index is 1.32. The molecule has 0 unspecified atom stereocenters. The third-order valence-electron chi connectivity index (χ3n) is 6.17. The lowest BCUT2D eigenvalue weighted by Gasteiger charge is -2.18. The van der Waals surface area contributed by atoms with Gasteiger partial charge in [0.05, 0.1) is 16.0 Å². The number of benzene rings is 3. The predicted molar refractivity (Wildman–Crippen MR) is 148 cm³/mol. The number of nitrogens with one attached hydrogen (secondary N) is 1. The maximum absolute atomic E-state index is 12.6. The zero-order valence-corrected chi connectivity index (χ0v) is 22.8. The first-order valence-corrected chi connectivity index (χ1v) is 13.0. The Morgan fingerprint density at radius 1 is 1.03 bits per heavy atom. The molecule has 4 rings (SSSR count). The molecule has 1 aliphatic heterocycles. The van der Waals surface area contributed by atoms with Crippen molar-refractivity contribution in [2.24, 2.45) is 5.92 Å². The molecule has 3 aromatic carbocycles. The van der Waals surface area contributed by atoms with Crippen molar-refractivity contribution in [1.82, 2.24) is 0 Å². The third-order valence-corrected chi connectivity index (χ3v) is 6.91. The molecule has 0 aliphatic carbocycles. The number of hydrogen-bond donors (Lipinski definition) is 1. The molecule has 3 aromatic rings. The summed E-state index contributed by atoms with van der Waals surface area (Å²) in [6, 6.07) is 18.0. The van der Waals surface area contributed by atoms with Gasteiger partial charge in [-0.1, -0.05) is 49.2 Å². The molecule has 198 valence electrons. The molecule has 0 aromatic heterocycles. The predicted octanol–water partition coefficient (Wildman–Crippen LogP) is 6.75. The van der Waals surface area contributed by atoms with Crippen molar-refractivity contribution in [3.8, 4) is 11.5 Å². The summed E-state index contributed by atoms with van der Waals surface area (Å²) < 4.78 is 11.3. The molecule has 0 spiro atoms. The molecule has 1 saturated heterocycles. The normalized spacial score (nSPS) is 15.1. The molecular weight excluding hydrogens is 527 g/mol. The number of hydrogen-bond acceptors (Lipinski definition) is 5. The van der Waals surface area contributed by atoms with E-state index in [0.717, 1.165) is 16.9 Å². The van der Waals surface area contributed by atoms with Gasteiger partial charge in [0.1, 0.15) is 11.5 Å². The van der Waals surface area contributed by atoms with E-state index in [4.69, 9.17) is 32.7 Å². The maximum atomic E-state index is 12.6. The first kappa shape index (κ1) is 27.5. The highest BCUT2D eigenvalue weighted by molar-refractivity contribution is 6.42. The van der Waals surface area contributed by atoms with Crippen molar-refractivity contribution in [2.45, 2.75) is 33.1 Å². The summed E-state index contributed by atoms with van der Waals surface area (Å²) in [4.78, 5) is 38.9. The minimum Gasteiger partial charge on any atom is -0.457 e. The zero-order chi connectivity index (χ0) is 27.4. The standard InChI is InChI=1S/C29H28Cl2N2O5/c1-17(2)23-10-4-18(3)12-26(23)38-22-8-6-21(7-9-22)33-15-19(13-28(33)35)29(36)37-16-27(34)32-20-5-11-24(30)25(31)14-20/h4-12,14,17,19H,13,15-16H2,1-3H3,(H,32,34)/t19-/m1/s1. The molecule has 1 N–H and O–H groups in total. The van der Waals surface area contributed by atoms with Crippen molar-refractivity contribution >= 4 is 52.4 Å². The summed E-state index contributed by atoms with van der Waals surface area (Å²) in [5, 5.41) is 3.24. The summed E-state index contributed by atoms with van der Waals surface area (Å²) in [6.45, 7) is 5.93. The fourth-order valence-electron chi connectivity index (χ4n) is 4.17. The molecular formula is C29H28Cl2N2O5. The summed E-state index contributed by atoms with van der Waals surface area (Å²) >= 11 is 11.8. The Morgan fingerprint density at radius 3 is 2.45 bits per heavy atom. The summed E-state index contributed by atoms with van der Waals surface area (Å²) in [6.07, 6.45) is 0.00648. The van der Waals surface area contributed by atoms with E-state index in [1.807, 2.05) is 13.0 Å². The van der Waals surface area contributed by atoms with Gasteiger partial charge in [-0.3, -0.25) is 14.4 Å². The molecule has 9 heteroatoms. The van der Waals surface area contributed by atoms with E-state index >= 15 is 0 Å². The highest BCUT2D eigenvalue weighted by Crippen LogP contribution is 2.33. The van der Waals surface area contributed by atoms with Crippen LogP contribution in [0, 0.1) is 12.8 Å². The average Bonchev–Trinajstić information content (AvgIpc) is 3.27. The van der Waals surface area contributed by atoms with Crippen LogP contribution in [-0.2, 0) is 19.1 Å². The molecule has 7 nitrogen and oxygen atoms in total. The molecule has 1 aliphatic rings. The SMILES string of the molecule is Cc1ccc(C(C)C)c(Oc2ccc(N3C[C@H](C(=O)OCC(=O)Nc4ccc(Cl)c(Cl)c4)CC3=O)cc2)c1. The van der Waals surface area contributed by atoms with E-state index in [-0.39, 0.29) is 18.9 Å². The highest BCUT2D eigenvalue weighted by Gasteiger charge is 2.36. The molecule has 1 heterocycles. The van der Waals surface area contributed by atoms with Crippen molar-refractivity contribution < 1.29 is 23.9 Å². The minimum atomic E-state index is -0.669. The summed E-state index contributed by atoms with van der Waals surface area (Å²) in [7, 11) is 0. The first-order chi connectivity index (χ1) is 18.1. The number of rotatable bonds is 8. The van der Waals surface area contributed by atoms with Crippen LogP contribution in [0.15, 0.2) is 60.7 Å². The number of halogens is 2. The van der Waals surface area contributed by atoms with Crippen molar-refractivity contribution in [1.29, 1.82) is 0 Å². The van der Waals surface area contributed by atoms with Crippen molar-refractivity contribution in [3.05, 3.63) is 81.8 Å².